The summed E-state index contributed by atoms with van der Waals surface area (Å²) in [7, 11) is 0. The third kappa shape index (κ3) is 2.83. The van der Waals surface area contributed by atoms with Gasteiger partial charge in [0.1, 0.15) is 16.8 Å². The summed E-state index contributed by atoms with van der Waals surface area (Å²) in [5.74, 6) is -0.166. The van der Waals surface area contributed by atoms with Gasteiger partial charge in [0.05, 0.1) is 0 Å². The average molecular weight is 304 g/mol. The van der Waals surface area contributed by atoms with Gasteiger partial charge in [0.25, 0.3) is 0 Å². The molecule has 0 aliphatic heterocycles. The second-order valence-corrected chi connectivity index (χ2v) is 4.75. The van der Waals surface area contributed by atoms with E-state index in [0.717, 1.165) is 0 Å². The smallest absolute Gasteiger partial charge is 0.339 e. The lowest BCUT2D eigenvalue weighted by Crippen LogP contribution is -1.95. The molecule has 5 nitrogen and oxygen atoms in total. The van der Waals surface area contributed by atoms with E-state index >= 15 is 0 Å². The first kappa shape index (κ1) is 13.5. The second kappa shape index (κ2) is 5.46. The van der Waals surface area contributed by atoms with Gasteiger partial charge in [-0.2, -0.15) is 0 Å². The van der Waals surface area contributed by atoms with Crippen molar-refractivity contribution in [2.75, 3.05) is 0 Å². The van der Waals surface area contributed by atoms with Gasteiger partial charge in [0.2, 0.25) is 5.89 Å². The average Bonchev–Trinajstić information content (AvgIpc) is 2.87. The fraction of sp³-hybridized carbons (Fsp3) is 0.0667. The summed E-state index contributed by atoms with van der Waals surface area (Å²) < 4.78 is 11.0. The molecule has 0 aliphatic rings. The van der Waals surface area contributed by atoms with Crippen LogP contribution in [0.1, 0.15) is 16.2 Å². The van der Waals surface area contributed by atoms with Crippen molar-refractivity contribution in [1.82, 2.24) is 4.98 Å². The molecule has 0 aliphatic carbocycles. The Balaban J connectivity index is 1.85. The van der Waals surface area contributed by atoms with Gasteiger partial charge in [-0.05, 0) is 30.3 Å². The lowest BCUT2D eigenvalue weighted by atomic mass is 10.2. The van der Waals surface area contributed by atoms with Crippen molar-refractivity contribution < 1.29 is 19.1 Å². The number of halogens is 1. The fourth-order valence-corrected chi connectivity index (χ4v) is 2.11. The molecular weight excluding hydrogens is 294 g/mol. The minimum atomic E-state index is -1.06. The summed E-state index contributed by atoms with van der Waals surface area (Å²) in [5, 5.41) is 9.66. The van der Waals surface area contributed by atoms with E-state index in [4.69, 9.17) is 25.9 Å². The number of carbonyl (C=O) groups is 1. The number of benzene rings is 2. The molecule has 0 radical (unpaired) electrons. The maximum atomic E-state index is 11.1. The van der Waals surface area contributed by atoms with Crippen LogP contribution in [0.2, 0.25) is 5.02 Å². The van der Waals surface area contributed by atoms with Crippen LogP contribution in [0.3, 0.4) is 0 Å². The van der Waals surface area contributed by atoms with Crippen molar-refractivity contribution in [2.24, 2.45) is 0 Å². The van der Waals surface area contributed by atoms with Gasteiger partial charge in [-0.3, -0.25) is 0 Å². The number of fused-ring (bicyclic) bond motifs is 1. The van der Waals surface area contributed by atoms with E-state index in [1.165, 1.54) is 6.07 Å². The summed E-state index contributed by atoms with van der Waals surface area (Å²) in [6, 6.07) is 11.7. The van der Waals surface area contributed by atoms with Crippen LogP contribution in [0, 0.1) is 0 Å². The Hall–Kier alpha value is -2.53. The number of hydrogen-bond acceptors (Lipinski definition) is 4. The normalized spacial score (nSPS) is 10.7. The Labute approximate surface area is 124 Å². The van der Waals surface area contributed by atoms with Crippen LogP contribution in [0.4, 0.5) is 0 Å². The molecule has 21 heavy (non-hydrogen) atoms. The number of rotatable bonds is 4. The first-order valence-electron chi connectivity index (χ1n) is 6.13. The molecule has 1 heterocycles. The number of oxazole rings is 1. The van der Waals surface area contributed by atoms with Gasteiger partial charge < -0.3 is 14.3 Å². The standard InChI is InChI=1S/C15H10ClNO4/c16-9-3-1-4-10(7-9)20-8-13-17-12-6-2-5-11(15(18)19)14(12)21-13/h1-7H,8H2,(H,18,19). The molecule has 0 bridgehead atoms. The molecular formula is C15H10ClNO4. The van der Waals surface area contributed by atoms with E-state index in [0.29, 0.717) is 22.2 Å². The number of para-hydroxylation sites is 1. The molecule has 0 atom stereocenters. The summed E-state index contributed by atoms with van der Waals surface area (Å²) in [6.07, 6.45) is 0. The third-order valence-corrected chi connectivity index (χ3v) is 3.08. The van der Waals surface area contributed by atoms with Gasteiger partial charge in [-0.15, -0.1) is 0 Å². The van der Waals surface area contributed by atoms with Crippen LogP contribution in [-0.4, -0.2) is 16.1 Å². The predicted molar refractivity (Wildman–Crippen MR) is 76.8 cm³/mol. The number of carboxylic acid groups (broad SMARTS) is 1. The fourth-order valence-electron chi connectivity index (χ4n) is 1.93. The predicted octanol–water partition coefficient (Wildman–Crippen LogP) is 3.76. The van der Waals surface area contributed by atoms with E-state index in [-0.39, 0.29) is 17.8 Å². The maximum Gasteiger partial charge on any atom is 0.339 e. The van der Waals surface area contributed by atoms with Gasteiger partial charge in [-0.1, -0.05) is 23.7 Å². The third-order valence-electron chi connectivity index (χ3n) is 2.85. The highest BCUT2D eigenvalue weighted by molar-refractivity contribution is 6.30. The Morgan fingerprint density at radius 2 is 2.10 bits per heavy atom. The zero-order valence-corrected chi connectivity index (χ0v) is 11.5. The van der Waals surface area contributed by atoms with Crippen LogP contribution in [0.5, 0.6) is 5.75 Å². The van der Waals surface area contributed by atoms with Gasteiger partial charge in [-0.25, -0.2) is 9.78 Å². The van der Waals surface area contributed by atoms with Crippen molar-refractivity contribution >= 4 is 28.7 Å². The summed E-state index contributed by atoms with van der Waals surface area (Å²) >= 11 is 5.86. The second-order valence-electron chi connectivity index (χ2n) is 4.31. The number of ether oxygens (including phenoxy) is 1. The van der Waals surface area contributed by atoms with Crippen LogP contribution in [0.25, 0.3) is 11.1 Å². The summed E-state index contributed by atoms with van der Waals surface area (Å²) in [6.45, 7) is 0.0914. The van der Waals surface area contributed by atoms with E-state index in [1.807, 2.05) is 0 Å². The molecule has 0 unspecified atom stereocenters. The lowest BCUT2D eigenvalue weighted by molar-refractivity contribution is 0.0697. The molecule has 0 amide bonds. The number of aromatic carboxylic acids is 1. The minimum absolute atomic E-state index is 0.0778. The Morgan fingerprint density at radius 3 is 2.86 bits per heavy atom. The zero-order chi connectivity index (χ0) is 14.8. The van der Waals surface area contributed by atoms with E-state index < -0.39 is 5.97 Å². The lowest BCUT2D eigenvalue weighted by Gasteiger charge is -2.03. The van der Waals surface area contributed by atoms with Crippen molar-refractivity contribution in [1.29, 1.82) is 0 Å². The first-order chi connectivity index (χ1) is 10.1. The monoisotopic (exact) mass is 303 g/mol. The molecule has 0 saturated heterocycles. The van der Waals surface area contributed by atoms with Crippen LogP contribution < -0.4 is 4.74 Å². The maximum absolute atomic E-state index is 11.1. The molecule has 0 spiro atoms. The molecule has 0 fully saturated rings. The van der Waals surface area contributed by atoms with Gasteiger partial charge in [0.15, 0.2) is 12.2 Å². The number of nitrogens with zero attached hydrogens (tertiary/aromatic N) is 1. The van der Waals surface area contributed by atoms with E-state index in [1.54, 1.807) is 36.4 Å². The van der Waals surface area contributed by atoms with Crippen LogP contribution in [0.15, 0.2) is 46.9 Å². The van der Waals surface area contributed by atoms with E-state index in [9.17, 15) is 4.79 Å². The van der Waals surface area contributed by atoms with E-state index in [2.05, 4.69) is 4.98 Å². The summed E-state index contributed by atoms with van der Waals surface area (Å²) in [5.41, 5.74) is 0.809. The Bertz CT molecular complexity index is 812. The van der Waals surface area contributed by atoms with Crippen LogP contribution >= 0.6 is 11.6 Å². The van der Waals surface area contributed by atoms with Crippen LogP contribution in [-0.2, 0) is 6.61 Å². The Morgan fingerprint density at radius 1 is 1.29 bits per heavy atom. The number of hydrogen-bond donors (Lipinski definition) is 1. The Kier molecular flexibility index (Phi) is 3.50. The molecule has 1 aromatic heterocycles. The quantitative estimate of drug-likeness (QED) is 0.794. The highest BCUT2D eigenvalue weighted by Gasteiger charge is 2.14. The highest BCUT2D eigenvalue weighted by Crippen LogP contribution is 2.22. The molecule has 3 aromatic rings. The molecule has 1 N–H and O–H groups in total. The topological polar surface area (TPSA) is 72.6 Å². The molecule has 2 aromatic carbocycles. The molecule has 106 valence electrons. The largest absolute Gasteiger partial charge is 0.484 e. The number of carboxylic acids is 1. The van der Waals surface area contributed by atoms with Gasteiger partial charge >= 0.3 is 5.97 Å². The molecule has 0 saturated carbocycles. The highest BCUT2D eigenvalue weighted by atomic mass is 35.5. The van der Waals surface area contributed by atoms with Crippen molar-refractivity contribution in [3.05, 3.63) is 58.9 Å². The van der Waals surface area contributed by atoms with Crippen molar-refractivity contribution in [2.45, 2.75) is 6.61 Å². The first-order valence-corrected chi connectivity index (χ1v) is 6.51. The van der Waals surface area contributed by atoms with Crippen molar-refractivity contribution in [3.63, 3.8) is 0 Å². The summed E-state index contributed by atoms with van der Waals surface area (Å²) in [4.78, 5) is 15.3. The van der Waals surface area contributed by atoms with Gasteiger partial charge in [0, 0.05) is 5.02 Å². The molecule has 6 heteroatoms. The zero-order valence-electron chi connectivity index (χ0n) is 10.7. The number of aromatic nitrogens is 1. The minimum Gasteiger partial charge on any atom is -0.484 e. The van der Waals surface area contributed by atoms with Crippen molar-refractivity contribution in [3.8, 4) is 5.75 Å². The SMILES string of the molecule is O=C(O)c1cccc2nc(COc3cccc(Cl)c3)oc12. The molecule has 3 rings (SSSR count).